The minimum atomic E-state index is -1.34. The van der Waals surface area contributed by atoms with Crippen molar-refractivity contribution in [1.82, 2.24) is 10.2 Å². The first-order valence-corrected chi connectivity index (χ1v) is 8.82. The van der Waals surface area contributed by atoms with E-state index < -0.39 is 35.3 Å². The van der Waals surface area contributed by atoms with Gasteiger partial charge in [-0.05, 0) is 24.6 Å². The SMILES string of the molecule is NCC1(F)CC(Nc2ccc3c(c2)C(=O)N(C2CCC(=O)NC2=O)C3=O)C1. The minimum Gasteiger partial charge on any atom is -0.382 e. The molecule has 2 fully saturated rings. The van der Waals surface area contributed by atoms with E-state index in [0.717, 1.165) is 4.90 Å². The van der Waals surface area contributed by atoms with Gasteiger partial charge < -0.3 is 11.1 Å². The molecule has 8 nitrogen and oxygen atoms in total. The maximum atomic E-state index is 13.9. The zero-order valence-corrected chi connectivity index (χ0v) is 14.5. The van der Waals surface area contributed by atoms with Crippen LogP contribution >= 0.6 is 0 Å². The molecule has 142 valence electrons. The summed E-state index contributed by atoms with van der Waals surface area (Å²) in [6, 6.07) is 3.64. The first-order valence-electron chi connectivity index (χ1n) is 8.82. The molecule has 0 spiro atoms. The summed E-state index contributed by atoms with van der Waals surface area (Å²) < 4.78 is 13.9. The zero-order valence-electron chi connectivity index (χ0n) is 14.5. The van der Waals surface area contributed by atoms with E-state index in [2.05, 4.69) is 10.6 Å². The number of hydrogen-bond acceptors (Lipinski definition) is 6. The summed E-state index contributed by atoms with van der Waals surface area (Å²) in [6.45, 7) is -0.0245. The van der Waals surface area contributed by atoms with Crippen LogP contribution in [0.1, 0.15) is 46.4 Å². The standard InChI is InChI=1S/C18H19FN4O4/c19-18(8-20)6-10(7-18)21-9-1-2-11-12(5-9)17(27)23(16(11)26)13-3-4-14(24)22-15(13)25/h1-2,5,10,13,21H,3-4,6-8,20H2,(H,22,24,25). The highest BCUT2D eigenvalue weighted by molar-refractivity contribution is 6.23. The van der Waals surface area contributed by atoms with Crippen LogP contribution in [0.3, 0.4) is 0 Å². The Hall–Kier alpha value is -2.81. The number of carbonyl (C=O) groups excluding carboxylic acids is 4. The molecule has 4 amide bonds. The number of nitrogens with one attached hydrogen (secondary N) is 2. The van der Waals surface area contributed by atoms with Gasteiger partial charge in [-0.2, -0.15) is 0 Å². The van der Waals surface area contributed by atoms with E-state index in [1.165, 1.54) is 6.07 Å². The van der Waals surface area contributed by atoms with Crippen molar-refractivity contribution in [3.63, 3.8) is 0 Å². The van der Waals surface area contributed by atoms with E-state index in [0.29, 0.717) is 5.69 Å². The van der Waals surface area contributed by atoms with Crippen LogP contribution in [0.2, 0.25) is 0 Å². The number of fused-ring (bicyclic) bond motifs is 1. The summed E-state index contributed by atoms with van der Waals surface area (Å²) in [6.07, 6.45) is 0.761. The van der Waals surface area contributed by atoms with E-state index in [1.807, 2.05) is 0 Å². The molecule has 0 radical (unpaired) electrons. The number of nitrogens with zero attached hydrogens (tertiary/aromatic N) is 1. The number of benzene rings is 1. The first kappa shape index (κ1) is 17.6. The van der Waals surface area contributed by atoms with Gasteiger partial charge in [-0.3, -0.25) is 29.4 Å². The maximum absolute atomic E-state index is 13.9. The van der Waals surface area contributed by atoms with Crippen LogP contribution in [-0.4, -0.2) is 52.8 Å². The number of rotatable bonds is 4. The Bertz CT molecular complexity index is 865. The van der Waals surface area contributed by atoms with Crippen molar-refractivity contribution in [3.05, 3.63) is 29.3 Å². The lowest BCUT2D eigenvalue weighted by Gasteiger charge is -2.41. The predicted octanol–water partition coefficient (Wildman–Crippen LogP) is 0.329. The Morgan fingerprint density at radius 2 is 1.89 bits per heavy atom. The van der Waals surface area contributed by atoms with Crippen LogP contribution in [0.15, 0.2) is 18.2 Å². The van der Waals surface area contributed by atoms with E-state index in [9.17, 15) is 23.6 Å². The molecule has 1 aromatic rings. The second kappa shape index (κ2) is 6.12. The van der Waals surface area contributed by atoms with Gasteiger partial charge in [-0.25, -0.2) is 4.39 Å². The highest BCUT2D eigenvalue weighted by atomic mass is 19.1. The van der Waals surface area contributed by atoms with E-state index in [1.54, 1.807) is 12.1 Å². The first-order chi connectivity index (χ1) is 12.8. The summed E-state index contributed by atoms with van der Waals surface area (Å²) in [4.78, 5) is 49.6. The molecule has 0 aromatic heterocycles. The Balaban J connectivity index is 1.52. The van der Waals surface area contributed by atoms with Gasteiger partial charge in [0.1, 0.15) is 11.7 Å². The van der Waals surface area contributed by atoms with Crippen molar-refractivity contribution in [1.29, 1.82) is 0 Å². The normalized spacial score (nSPS) is 30.1. The molecule has 1 saturated heterocycles. The van der Waals surface area contributed by atoms with Gasteiger partial charge in [0.15, 0.2) is 0 Å². The number of carbonyl (C=O) groups is 4. The largest absolute Gasteiger partial charge is 0.382 e. The van der Waals surface area contributed by atoms with Gasteiger partial charge in [0.05, 0.1) is 11.1 Å². The molecule has 0 bridgehead atoms. The van der Waals surface area contributed by atoms with E-state index >= 15 is 0 Å². The second-order valence-electron chi connectivity index (χ2n) is 7.31. The molecule has 1 aliphatic carbocycles. The molecule has 9 heteroatoms. The average Bonchev–Trinajstić information content (AvgIpc) is 2.85. The maximum Gasteiger partial charge on any atom is 0.262 e. The third kappa shape index (κ3) is 2.87. The zero-order chi connectivity index (χ0) is 19.3. The lowest BCUT2D eigenvalue weighted by molar-refractivity contribution is -0.136. The third-order valence-electron chi connectivity index (χ3n) is 5.40. The quantitative estimate of drug-likeness (QED) is 0.653. The number of anilines is 1. The van der Waals surface area contributed by atoms with Crippen LogP contribution in [-0.2, 0) is 9.59 Å². The van der Waals surface area contributed by atoms with E-state index in [4.69, 9.17) is 5.73 Å². The summed E-state index contributed by atoms with van der Waals surface area (Å²) >= 11 is 0. The lowest BCUT2D eigenvalue weighted by Crippen LogP contribution is -2.54. The number of alkyl halides is 1. The number of piperidine rings is 1. The van der Waals surface area contributed by atoms with Crippen molar-refractivity contribution in [2.75, 3.05) is 11.9 Å². The Morgan fingerprint density at radius 1 is 1.19 bits per heavy atom. The van der Waals surface area contributed by atoms with Crippen LogP contribution < -0.4 is 16.4 Å². The molecule has 1 saturated carbocycles. The molecule has 1 unspecified atom stereocenters. The summed E-state index contributed by atoms with van der Waals surface area (Å²) in [5.74, 6) is -2.18. The predicted molar refractivity (Wildman–Crippen MR) is 92.7 cm³/mol. The molecular formula is C18H19FN4O4. The monoisotopic (exact) mass is 374 g/mol. The third-order valence-corrected chi connectivity index (χ3v) is 5.40. The highest BCUT2D eigenvalue weighted by Gasteiger charge is 2.46. The summed E-state index contributed by atoms with van der Waals surface area (Å²) in [5.41, 5.74) is 5.06. The number of amides is 4. The van der Waals surface area contributed by atoms with Crippen molar-refractivity contribution in [2.24, 2.45) is 5.73 Å². The fraction of sp³-hybridized carbons (Fsp3) is 0.444. The van der Waals surface area contributed by atoms with Gasteiger partial charge in [-0.1, -0.05) is 0 Å². The van der Waals surface area contributed by atoms with Crippen molar-refractivity contribution < 1.29 is 23.6 Å². The molecule has 3 aliphatic rings. The Kier molecular flexibility index (Phi) is 3.99. The topological polar surface area (TPSA) is 122 Å². The number of imide groups is 2. The number of halogens is 1. The highest BCUT2D eigenvalue weighted by Crippen LogP contribution is 2.38. The van der Waals surface area contributed by atoms with Crippen LogP contribution in [0, 0.1) is 0 Å². The molecular weight excluding hydrogens is 355 g/mol. The van der Waals surface area contributed by atoms with Crippen LogP contribution in [0.5, 0.6) is 0 Å². The summed E-state index contributed by atoms with van der Waals surface area (Å²) in [7, 11) is 0. The van der Waals surface area contributed by atoms with Crippen molar-refractivity contribution >= 4 is 29.3 Å². The van der Waals surface area contributed by atoms with Crippen LogP contribution in [0.4, 0.5) is 10.1 Å². The fourth-order valence-corrected chi connectivity index (χ4v) is 3.89. The fourth-order valence-electron chi connectivity index (χ4n) is 3.89. The lowest BCUT2D eigenvalue weighted by atomic mass is 9.77. The van der Waals surface area contributed by atoms with Gasteiger partial charge in [0, 0.05) is 37.5 Å². The van der Waals surface area contributed by atoms with Crippen molar-refractivity contribution in [3.8, 4) is 0 Å². The smallest absolute Gasteiger partial charge is 0.262 e. The summed E-state index contributed by atoms with van der Waals surface area (Å²) in [5, 5.41) is 5.30. The second-order valence-corrected chi connectivity index (χ2v) is 7.31. The molecule has 2 heterocycles. The molecule has 1 aromatic carbocycles. The minimum absolute atomic E-state index is 0.0245. The number of hydrogen-bond donors (Lipinski definition) is 3. The van der Waals surface area contributed by atoms with Gasteiger partial charge in [-0.15, -0.1) is 0 Å². The van der Waals surface area contributed by atoms with Gasteiger partial charge in [0.25, 0.3) is 11.8 Å². The molecule has 4 N–H and O–H groups in total. The molecule has 4 rings (SSSR count). The van der Waals surface area contributed by atoms with Gasteiger partial charge in [0.2, 0.25) is 11.8 Å². The van der Waals surface area contributed by atoms with Gasteiger partial charge >= 0.3 is 0 Å². The van der Waals surface area contributed by atoms with E-state index in [-0.39, 0.29) is 49.4 Å². The molecule has 2 aliphatic heterocycles. The Morgan fingerprint density at radius 3 is 2.56 bits per heavy atom. The number of nitrogens with two attached hydrogens (primary N) is 1. The molecule has 27 heavy (non-hydrogen) atoms. The Labute approximate surface area is 154 Å². The average molecular weight is 374 g/mol. The molecule has 1 atom stereocenters. The van der Waals surface area contributed by atoms with Crippen molar-refractivity contribution in [2.45, 2.75) is 43.4 Å². The van der Waals surface area contributed by atoms with Crippen LogP contribution in [0.25, 0.3) is 0 Å².